The fraction of sp³-hybridized carbons (Fsp3) is 0.867. The van der Waals surface area contributed by atoms with Crippen molar-refractivity contribution < 1.29 is 19.4 Å². The summed E-state index contributed by atoms with van der Waals surface area (Å²) in [7, 11) is 1.79. The molecule has 0 radical (unpaired) electrons. The van der Waals surface area contributed by atoms with Crippen molar-refractivity contribution in [2.45, 2.75) is 52.1 Å². The molecule has 1 N–H and O–H groups in total. The quantitative estimate of drug-likeness (QED) is 0.781. The van der Waals surface area contributed by atoms with E-state index in [0.29, 0.717) is 13.2 Å². The molecular weight excluding hydrogens is 272 g/mol. The van der Waals surface area contributed by atoms with Crippen LogP contribution in [0.3, 0.4) is 0 Å². The van der Waals surface area contributed by atoms with Crippen LogP contribution in [-0.2, 0) is 9.53 Å². The number of carboxylic acid groups (broad SMARTS) is 1. The molecule has 1 heterocycles. The standard InChI is InChI=1S/C15H28N2O4/c1-5-7-11(3)16(4)15(20)17(8-6-2)13-10-21-9-12(13)14(18)19/h11-13H,5-10H2,1-4H3,(H,18,19). The van der Waals surface area contributed by atoms with Gasteiger partial charge in [0.15, 0.2) is 0 Å². The summed E-state index contributed by atoms with van der Waals surface area (Å²) in [6.07, 6.45) is 2.74. The van der Waals surface area contributed by atoms with E-state index in [1.54, 1.807) is 16.8 Å². The Morgan fingerprint density at radius 2 is 1.95 bits per heavy atom. The van der Waals surface area contributed by atoms with Crippen molar-refractivity contribution >= 4 is 12.0 Å². The van der Waals surface area contributed by atoms with Crippen LogP contribution in [0.2, 0.25) is 0 Å². The molecule has 21 heavy (non-hydrogen) atoms. The van der Waals surface area contributed by atoms with Gasteiger partial charge in [-0.15, -0.1) is 0 Å². The summed E-state index contributed by atoms with van der Waals surface area (Å²) in [5.41, 5.74) is 0. The van der Waals surface area contributed by atoms with E-state index >= 15 is 0 Å². The van der Waals surface area contributed by atoms with E-state index in [0.717, 1.165) is 19.3 Å². The van der Waals surface area contributed by atoms with E-state index in [-0.39, 0.29) is 24.7 Å². The van der Waals surface area contributed by atoms with Gasteiger partial charge in [-0.3, -0.25) is 4.79 Å². The summed E-state index contributed by atoms with van der Waals surface area (Å²) in [5.74, 6) is -1.52. The Morgan fingerprint density at radius 1 is 1.29 bits per heavy atom. The van der Waals surface area contributed by atoms with E-state index in [2.05, 4.69) is 6.92 Å². The zero-order valence-electron chi connectivity index (χ0n) is 13.5. The van der Waals surface area contributed by atoms with E-state index in [9.17, 15) is 14.7 Å². The highest BCUT2D eigenvalue weighted by Crippen LogP contribution is 2.22. The minimum atomic E-state index is -0.893. The van der Waals surface area contributed by atoms with Crippen molar-refractivity contribution in [1.29, 1.82) is 0 Å². The van der Waals surface area contributed by atoms with Gasteiger partial charge in [-0.05, 0) is 19.8 Å². The van der Waals surface area contributed by atoms with Gasteiger partial charge in [0.1, 0.15) is 5.92 Å². The van der Waals surface area contributed by atoms with Gasteiger partial charge in [0, 0.05) is 19.6 Å². The van der Waals surface area contributed by atoms with Crippen molar-refractivity contribution in [3.8, 4) is 0 Å². The van der Waals surface area contributed by atoms with Gasteiger partial charge in [0.25, 0.3) is 0 Å². The third-order valence-electron chi connectivity index (χ3n) is 4.15. The number of amides is 2. The lowest BCUT2D eigenvalue weighted by molar-refractivity contribution is -0.142. The average Bonchev–Trinajstić information content (AvgIpc) is 2.92. The van der Waals surface area contributed by atoms with E-state index in [1.165, 1.54) is 0 Å². The molecule has 1 aliphatic heterocycles. The first-order chi connectivity index (χ1) is 9.93. The average molecular weight is 300 g/mol. The predicted octanol–water partition coefficient (Wildman–Crippen LogP) is 2.04. The Labute approximate surface area is 127 Å². The molecule has 0 aliphatic carbocycles. The van der Waals surface area contributed by atoms with Gasteiger partial charge < -0.3 is 19.6 Å². The number of hydrogen-bond donors (Lipinski definition) is 1. The molecule has 1 fully saturated rings. The summed E-state index contributed by atoms with van der Waals surface area (Å²) in [5, 5.41) is 9.28. The first kappa shape index (κ1) is 17.8. The molecule has 3 unspecified atom stereocenters. The lowest BCUT2D eigenvalue weighted by Crippen LogP contribution is -2.53. The number of nitrogens with zero attached hydrogens (tertiary/aromatic N) is 2. The second-order valence-electron chi connectivity index (χ2n) is 5.77. The number of carbonyl (C=O) groups excluding carboxylic acids is 1. The number of urea groups is 1. The molecule has 0 bridgehead atoms. The summed E-state index contributed by atoms with van der Waals surface area (Å²) < 4.78 is 5.30. The van der Waals surface area contributed by atoms with Gasteiger partial charge >= 0.3 is 12.0 Å². The third-order valence-corrected chi connectivity index (χ3v) is 4.15. The van der Waals surface area contributed by atoms with E-state index < -0.39 is 11.9 Å². The van der Waals surface area contributed by atoms with Crippen LogP contribution in [0.5, 0.6) is 0 Å². The molecule has 1 rings (SSSR count). The largest absolute Gasteiger partial charge is 0.481 e. The maximum atomic E-state index is 12.7. The number of carboxylic acids is 1. The second-order valence-corrected chi connectivity index (χ2v) is 5.77. The van der Waals surface area contributed by atoms with E-state index in [4.69, 9.17) is 4.74 Å². The van der Waals surface area contributed by atoms with Crippen molar-refractivity contribution in [3.05, 3.63) is 0 Å². The molecule has 1 aliphatic rings. The van der Waals surface area contributed by atoms with Crippen LogP contribution in [0.15, 0.2) is 0 Å². The summed E-state index contributed by atoms with van der Waals surface area (Å²) >= 11 is 0. The minimum absolute atomic E-state index is 0.0976. The zero-order chi connectivity index (χ0) is 16.0. The van der Waals surface area contributed by atoms with Gasteiger partial charge in [-0.2, -0.15) is 0 Å². The molecule has 6 heteroatoms. The van der Waals surface area contributed by atoms with Crippen LogP contribution >= 0.6 is 0 Å². The summed E-state index contributed by atoms with van der Waals surface area (Å²) in [6, 6.07) is -0.321. The number of aliphatic carboxylic acids is 1. The van der Waals surface area contributed by atoms with Crippen LogP contribution in [0.25, 0.3) is 0 Å². The van der Waals surface area contributed by atoms with Gasteiger partial charge in [-0.25, -0.2) is 4.79 Å². The van der Waals surface area contributed by atoms with Crippen molar-refractivity contribution in [3.63, 3.8) is 0 Å². The predicted molar refractivity (Wildman–Crippen MR) is 80.3 cm³/mol. The lowest BCUT2D eigenvalue weighted by Gasteiger charge is -2.36. The van der Waals surface area contributed by atoms with Crippen LogP contribution in [-0.4, -0.2) is 65.8 Å². The molecule has 122 valence electrons. The zero-order valence-corrected chi connectivity index (χ0v) is 13.5. The maximum Gasteiger partial charge on any atom is 0.320 e. The maximum absolute atomic E-state index is 12.7. The van der Waals surface area contributed by atoms with Crippen molar-refractivity contribution in [2.24, 2.45) is 5.92 Å². The summed E-state index contributed by atoms with van der Waals surface area (Å²) in [4.78, 5) is 27.4. The Kier molecular flexibility index (Phi) is 6.95. The molecule has 0 aromatic rings. The van der Waals surface area contributed by atoms with E-state index in [1.807, 2.05) is 13.8 Å². The minimum Gasteiger partial charge on any atom is -0.481 e. The van der Waals surface area contributed by atoms with Crippen LogP contribution < -0.4 is 0 Å². The molecule has 3 atom stereocenters. The number of rotatable bonds is 7. The van der Waals surface area contributed by atoms with Crippen molar-refractivity contribution in [1.82, 2.24) is 9.80 Å². The van der Waals surface area contributed by atoms with Crippen LogP contribution in [0.1, 0.15) is 40.0 Å². The highest BCUT2D eigenvalue weighted by atomic mass is 16.5. The Hall–Kier alpha value is -1.30. The highest BCUT2D eigenvalue weighted by molar-refractivity contribution is 5.77. The number of carbonyl (C=O) groups is 2. The topological polar surface area (TPSA) is 70.1 Å². The molecular formula is C15H28N2O4. The van der Waals surface area contributed by atoms with Crippen LogP contribution in [0.4, 0.5) is 4.79 Å². The first-order valence-electron chi connectivity index (χ1n) is 7.77. The Balaban J connectivity index is 2.84. The van der Waals surface area contributed by atoms with Gasteiger partial charge in [0.2, 0.25) is 0 Å². The molecule has 2 amide bonds. The van der Waals surface area contributed by atoms with Gasteiger partial charge in [-0.1, -0.05) is 20.3 Å². The first-order valence-corrected chi connectivity index (χ1v) is 7.77. The van der Waals surface area contributed by atoms with Gasteiger partial charge in [0.05, 0.1) is 19.3 Å². The number of ether oxygens (including phenoxy) is 1. The summed E-state index contributed by atoms with van der Waals surface area (Å²) in [6.45, 7) is 7.14. The molecule has 0 saturated carbocycles. The molecule has 0 aromatic carbocycles. The monoisotopic (exact) mass is 300 g/mol. The number of hydrogen-bond acceptors (Lipinski definition) is 3. The highest BCUT2D eigenvalue weighted by Gasteiger charge is 2.40. The SMILES string of the molecule is CCCC(C)N(C)C(=O)N(CCC)C1COCC1C(=O)O. The lowest BCUT2D eigenvalue weighted by atomic mass is 10.0. The van der Waals surface area contributed by atoms with Crippen molar-refractivity contribution in [2.75, 3.05) is 26.8 Å². The molecule has 0 aromatic heterocycles. The Bertz CT molecular complexity index is 362. The molecule has 1 saturated heterocycles. The smallest absolute Gasteiger partial charge is 0.320 e. The molecule has 0 spiro atoms. The fourth-order valence-electron chi connectivity index (χ4n) is 2.73. The molecule has 6 nitrogen and oxygen atoms in total. The third kappa shape index (κ3) is 4.33. The normalized spacial score (nSPS) is 22.9. The second kappa shape index (κ2) is 8.22. The van der Waals surface area contributed by atoms with Crippen LogP contribution in [0, 0.1) is 5.92 Å². The Morgan fingerprint density at radius 3 is 2.48 bits per heavy atom. The fourth-order valence-corrected chi connectivity index (χ4v) is 2.73.